The third kappa shape index (κ3) is 3.40. The molecule has 2 rings (SSSR count). The van der Waals surface area contributed by atoms with Gasteiger partial charge in [-0.1, -0.05) is 0 Å². The van der Waals surface area contributed by atoms with E-state index in [0.717, 1.165) is 15.9 Å². The van der Waals surface area contributed by atoms with Crippen molar-refractivity contribution in [3.05, 3.63) is 22.3 Å². The molecule has 0 saturated carbocycles. The lowest BCUT2D eigenvalue weighted by Crippen LogP contribution is -2.54. The lowest BCUT2D eigenvalue weighted by molar-refractivity contribution is -0.126. The number of nitrogens with one attached hydrogen (secondary N) is 1. The molecule has 2 heterocycles. The number of halogens is 3. The summed E-state index contributed by atoms with van der Waals surface area (Å²) in [5.74, 6) is 0.288. The monoisotopic (exact) mass is 333 g/mol. The van der Waals surface area contributed by atoms with Crippen molar-refractivity contribution in [2.75, 3.05) is 24.5 Å². The number of aryl methyl sites for hydroxylation is 1. The molecule has 1 N–H and O–H groups in total. The fraction of sp³-hybridized carbons (Fsp3) is 0.500. The number of aromatic nitrogens is 1. The number of hydrogen-bond donors (Lipinski definition) is 1. The van der Waals surface area contributed by atoms with Crippen molar-refractivity contribution in [2.24, 2.45) is 5.92 Å². The van der Waals surface area contributed by atoms with Gasteiger partial charge in [-0.25, -0.2) is 13.8 Å². The normalized spacial score (nSPS) is 15.5. The minimum absolute atomic E-state index is 0.233. The number of nitrogens with zero attached hydrogens (tertiary/aromatic N) is 2. The standard InChI is InChI=1S/C12H14BrF2N3O/c1-7-2-9(13)3-16-11(7)18-5-8(6-18)12(19)17-4-10(14)15/h2-3,8,10H,4-6H2,1H3,(H,17,19). The fourth-order valence-electron chi connectivity index (χ4n) is 2.00. The molecule has 0 bridgehead atoms. The minimum atomic E-state index is -2.50. The van der Waals surface area contributed by atoms with E-state index < -0.39 is 13.0 Å². The lowest BCUT2D eigenvalue weighted by atomic mass is 9.98. The van der Waals surface area contributed by atoms with Crippen LogP contribution in [0.3, 0.4) is 0 Å². The van der Waals surface area contributed by atoms with Crippen molar-refractivity contribution in [1.29, 1.82) is 0 Å². The SMILES string of the molecule is Cc1cc(Br)cnc1N1CC(C(=O)NCC(F)F)C1. The maximum atomic E-state index is 12.0. The van der Waals surface area contributed by atoms with Gasteiger partial charge in [0.1, 0.15) is 5.82 Å². The quantitative estimate of drug-likeness (QED) is 0.916. The van der Waals surface area contributed by atoms with E-state index in [1.54, 1.807) is 6.20 Å². The molecule has 7 heteroatoms. The summed E-state index contributed by atoms with van der Waals surface area (Å²) in [5.41, 5.74) is 1.01. The Hall–Kier alpha value is -1.24. The first-order valence-electron chi connectivity index (χ1n) is 5.90. The van der Waals surface area contributed by atoms with Gasteiger partial charge >= 0.3 is 0 Å². The Bertz CT molecular complexity index is 478. The van der Waals surface area contributed by atoms with E-state index in [2.05, 4.69) is 26.2 Å². The molecule has 0 aliphatic carbocycles. The molecule has 19 heavy (non-hydrogen) atoms. The zero-order chi connectivity index (χ0) is 14.0. The smallest absolute Gasteiger partial charge is 0.255 e. The Morgan fingerprint density at radius 3 is 2.89 bits per heavy atom. The second-order valence-corrected chi connectivity index (χ2v) is 5.45. The number of carbonyl (C=O) groups excluding carboxylic acids is 1. The van der Waals surface area contributed by atoms with Crippen LogP contribution in [0.1, 0.15) is 5.56 Å². The van der Waals surface area contributed by atoms with E-state index in [4.69, 9.17) is 0 Å². The molecule has 0 atom stereocenters. The molecule has 1 aromatic rings. The highest BCUT2D eigenvalue weighted by molar-refractivity contribution is 9.10. The third-order valence-electron chi connectivity index (χ3n) is 3.00. The van der Waals surface area contributed by atoms with Crippen molar-refractivity contribution in [2.45, 2.75) is 13.3 Å². The summed E-state index contributed by atoms with van der Waals surface area (Å²) in [7, 11) is 0. The molecule has 1 saturated heterocycles. The molecule has 104 valence electrons. The molecule has 0 aromatic carbocycles. The third-order valence-corrected chi connectivity index (χ3v) is 3.43. The summed E-state index contributed by atoms with van der Waals surface area (Å²) < 4.78 is 24.8. The van der Waals surface area contributed by atoms with Gasteiger partial charge < -0.3 is 10.2 Å². The van der Waals surface area contributed by atoms with Crippen LogP contribution in [0.15, 0.2) is 16.7 Å². The molecule has 1 aliphatic heterocycles. The Morgan fingerprint density at radius 2 is 2.32 bits per heavy atom. The van der Waals surface area contributed by atoms with Crippen LogP contribution < -0.4 is 10.2 Å². The highest BCUT2D eigenvalue weighted by Gasteiger charge is 2.34. The Labute approximate surface area is 118 Å². The van der Waals surface area contributed by atoms with Gasteiger partial charge in [0, 0.05) is 23.8 Å². The number of anilines is 1. The van der Waals surface area contributed by atoms with Crippen LogP contribution >= 0.6 is 15.9 Å². The van der Waals surface area contributed by atoms with Crippen molar-refractivity contribution >= 4 is 27.7 Å². The summed E-state index contributed by atoms with van der Waals surface area (Å²) >= 11 is 3.34. The van der Waals surface area contributed by atoms with E-state index in [0.29, 0.717) is 13.1 Å². The number of pyridine rings is 1. The van der Waals surface area contributed by atoms with E-state index >= 15 is 0 Å². The van der Waals surface area contributed by atoms with Gasteiger partial charge in [-0.3, -0.25) is 4.79 Å². The minimum Gasteiger partial charge on any atom is -0.355 e. The highest BCUT2D eigenvalue weighted by Crippen LogP contribution is 2.27. The van der Waals surface area contributed by atoms with E-state index in [9.17, 15) is 13.6 Å². The van der Waals surface area contributed by atoms with Crippen LogP contribution in [-0.4, -0.2) is 37.0 Å². The number of rotatable bonds is 4. The average molecular weight is 334 g/mol. The number of hydrogen-bond acceptors (Lipinski definition) is 3. The predicted molar refractivity (Wildman–Crippen MR) is 71.4 cm³/mol. The van der Waals surface area contributed by atoms with Gasteiger partial charge in [0.2, 0.25) is 5.91 Å². The van der Waals surface area contributed by atoms with Gasteiger partial charge in [-0.15, -0.1) is 0 Å². The van der Waals surface area contributed by atoms with Crippen LogP contribution in [0.4, 0.5) is 14.6 Å². The first-order chi connectivity index (χ1) is 8.97. The molecule has 4 nitrogen and oxygen atoms in total. The maximum absolute atomic E-state index is 12.0. The fourth-order valence-corrected chi connectivity index (χ4v) is 2.45. The zero-order valence-corrected chi connectivity index (χ0v) is 12.0. The average Bonchev–Trinajstić information content (AvgIpc) is 2.27. The molecule has 1 fully saturated rings. The Morgan fingerprint density at radius 1 is 1.63 bits per heavy atom. The Kier molecular flexibility index (Phi) is 4.34. The number of carbonyl (C=O) groups is 1. The first kappa shape index (κ1) is 14.2. The van der Waals surface area contributed by atoms with Crippen LogP contribution in [-0.2, 0) is 4.79 Å². The van der Waals surface area contributed by atoms with Gasteiger partial charge in [0.05, 0.1) is 12.5 Å². The van der Waals surface area contributed by atoms with Gasteiger partial charge in [0.15, 0.2) is 0 Å². The summed E-state index contributed by atoms with van der Waals surface area (Å²) in [4.78, 5) is 17.8. The maximum Gasteiger partial charge on any atom is 0.255 e. The molecule has 0 radical (unpaired) electrons. The van der Waals surface area contributed by atoms with Crippen LogP contribution in [0.25, 0.3) is 0 Å². The lowest BCUT2D eigenvalue weighted by Gasteiger charge is -2.39. The van der Waals surface area contributed by atoms with E-state index in [1.807, 2.05) is 17.9 Å². The topological polar surface area (TPSA) is 45.2 Å². The second kappa shape index (κ2) is 5.81. The Balaban J connectivity index is 1.87. The molecule has 1 amide bonds. The van der Waals surface area contributed by atoms with Crippen LogP contribution in [0, 0.1) is 12.8 Å². The molecule has 1 aromatic heterocycles. The van der Waals surface area contributed by atoms with Gasteiger partial charge in [-0.05, 0) is 34.5 Å². The predicted octanol–water partition coefficient (Wildman–Crippen LogP) is 1.97. The van der Waals surface area contributed by atoms with E-state index in [1.165, 1.54) is 0 Å². The molecular weight excluding hydrogens is 320 g/mol. The van der Waals surface area contributed by atoms with Gasteiger partial charge in [0.25, 0.3) is 6.43 Å². The summed E-state index contributed by atoms with van der Waals surface area (Å²) in [6.07, 6.45) is -0.803. The van der Waals surface area contributed by atoms with Crippen LogP contribution in [0.2, 0.25) is 0 Å². The first-order valence-corrected chi connectivity index (χ1v) is 6.69. The van der Waals surface area contributed by atoms with Gasteiger partial charge in [-0.2, -0.15) is 0 Å². The van der Waals surface area contributed by atoms with Crippen molar-refractivity contribution in [1.82, 2.24) is 10.3 Å². The summed E-state index contributed by atoms with van der Waals surface area (Å²) in [6, 6.07) is 1.95. The molecule has 1 aliphatic rings. The van der Waals surface area contributed by atoms with E-state index in [-0.39, 0.29) is 11.8 Å². The number of alkyl halides is 2. The zero-order valence-electron chi connectivity index (χ0n) is 10.4. The molecule has 0 spiro atoms. The largest absolute Gasteiger partial charge is 0.355 e. The molecular formula is C12H14BrF2N3O. The van der Waals surface area contributed by atoms with Crippen molar-refractivity contribution < 1.29 is 13.6 Å². The molecule has 0 unspecified atom stereocenters. The summed E-state index contributed by atoms with van der Waals surface area (Å²) in [5, 5.41) is 2.24. The van der Waals surface area contributed by atoms with Crippen LogP contribution in [0.5, 0.6) is 0 Å². The highest BCUT2D eigenvalue weighted by atomic mass is 79.9. The second-order valence-electron chi connectivity index (χ2n) is 4.53. The van der Waals surface area contributed by atoms with Crippen molar-refractivity contribution in [3.8, 4) is 0 Å². The summed E-state index contributed by atoms with van der Waals surface area (Å²) in [6.45, 7) is 2.40. The van der Waals surface area contributed by atoms with Crippen molar-refractivity contribution in [3.63, 3.8) is 0 Å². The number of amides is 1.